The molecule has 11 heteroatoms. The Morgan fingerprint density at radius 1 is 0.941 bits per heavy atom. The van der Waals surface area contributed by atoms with Crippen LogP contribution in [0.15, 0.2) is 90.5 Å². The van der Waals surface area contributed by atoms with Crippen LogP contribution in [-0.2, 0) is 17.6 Å². The summed E-state index contributed by atoms with van der Waals surface area (Å²) in [5.74, 6) is -0.111. The Morgan fingerprint density at radius 3 is 2.45 bits per heavy atom. The van der Waals surface area contributed by atoms with Gasteiger partial charge in [-0.2, -0.15) is 0 Å². The number of piperidine rings is 1. The number of thiocarbonyl (C=S) groups is 1. The Bertz CT molecular complexity index is 1600. The molecular weight excluding hydrogens is 726 g/mol. The van der Waals surface area contributed by atoms with E-state index >= 15 is 0 Å². The van der Waals surface area contributed by atoms with Crippen LogP contribution < -0.4 is 15.4 Å². The fraction of sp³-hybridized carbons (Fsp3) is 0.450. The molecule has 0 aromatic heterocycles. The van der Waals surface area contributed by atoms with Crippen LogP contribution in [0.3, 0.4) is 0 Å². The molecule has 1 fully saturated rings. The smallest absolute Gasteiger partial charge is 0.272 e. The molecule has 1 unspecified atom stereocenters. The minimum absolute atomic E-state index is 0.324. The number of rotatable bonds is 15. The number of aryl methyl sites for hydroxylation is 1. The fourth-order valence-corrected chi connectivity index (χ4v) is 7.40. The summed E-state index contributed by atoms with van der Waals surface area (Å²) in [6.07, 6.45) is 11.5. The van der Waals surface area contributed by atoms with Gasteiger partial charge in [0, 0.05) is 25.3 Å². The fourth-order valence-electron chi connectivity index (χ4n) is 6.98. The Hall–Kier alpha value is -2.88. The average molecular weight is 774 g/mol. The molecule has 1 atom stereocenters. The lowest BCUT2D eigenvalue weighted by Crippen LogP contribution is -2.53. The van der Waals surface area contributed by atoms with Crippen LogP contribution in [0, 0.1) is 5.82 Å². The summed E-state index contributed by atoms with van der Waals surface area (Å²) in [6.45, 7) is 5.50. The monoisotopic (exact) mass is 772 g/mol. The van der Waals surface area contributed by atoms with E-state index in [0.717, 1.165) is 61.2 Å². The van der Waals surface area contributed by atoms with Gasteiger partial charge in [0.15, 0.2) is 5.11 Å². The number of likely N-dealkylation sites (tertiary alicyclic amines) is 1. The lowest BCUT2D eigenvalue weighted by atomic mass is 9.79. The second-order valence-corrected chi connectivity index (χ2v) is 16.3. The number of halogens is 4. The number of carbonyl (C=O) groups is 1. The molecule has 1 aliphatic heterocycles. The molecule has 5 rings (SSSR count). The van der Waals surface area contributed by atoms with Gasteiger partial charge in [-0.3, -0.25) is 4.79 Å². The third kappa shape index (κ3) is 12.9. The first kappa shape index (κ1) is 39.3. The molecule has 0 radical (unpaired) electrons. The minimum Gasteiger partial charge on any atom is -0.494 e. The van der Waals surface area contributed by atoms with Crippen LogP contribution in [-0.4, -0.2) is 69.5 Å². The molecule has 0 spiro atoms. The second kappa shape index (κ2) is 19.3. The summed E-state index contributed by atoms with van der Waals surface area (Å²) in [5.41, 5.74) is 3.29. The number of hydrogen-bond donors (Lipinski definition) is 2. The molecule has 1 heterocycles. The van der Waals surface area contributed by atoms with E-state index in [4.69, 9.17) is 51.8 Å². The molecule has 274 valence electrons. The van der Waals surface area contributed by atoms with E-state index in [1.165, 1.54) is 50.0 Å². The van der Waals surface area contributed by atoms with E-state index in [1.807, 2.05) is 36.4 Å². The number of alkyl halides is 3. The van der Waals surface area contributed by atoms with E-state index in [0.29, 0.717) is 37.7 Å². The van der Waals surface area contributed by atoms with Crippen LogP contribution in [0.5, 0.6) is 5.75 Å². The molecule has 3 aromatic rings. The van der Waals surface area contributed by atoms with Crippen molar-refractivity contribution in [2.75, 3.05) is 44.6 Å². The maximum atomic E-state index is 13.8. The molecule has 51 heavy (non-hydrogen) atoms. The third-order valence-electron chi connectivity index (χ3n) is 9.49. The van der Waals surface area contributed by atoms with Gasteiger partial charge in [-0.05, 0) is 131 Å². The van der Waals surface area contributed by atoms with Crippen molar-refractivity contribution >= 4 is 63.7 Å². The lowest BCUT2D eigenvalue weighted by Gasteiger charge is -2.38. The van der Waals surface area contributed by atoms with E-state index < -0.39 is 15.2 Å². The first-order valence-electron chi connectivity index (χ1n) is 18.0. The predicted octanol–water partition coefficient (Wildman–Crippen LogP) is 9.29. The van der Waals surface area contributed by atoms with Crippen molar-refractivity contribution in [3.8, 4) is 5.75 Å². The van der Waals surface area contributed by atoms with Gasteiger partial charge in [0.1, 0.15) is 11.6 Å². The highest BCUT2D eigenvalue weighted by molar-refractivity contribution is 7.80. The van der Waals surface area contributed by atoms with E-state index in [-0.39, 0.29) is 5.82 Å². The van der Waals surface area contributed by atoms with Crippen molar-refractivity contribution in [1.29, 1.82) is 0 Å². The van der Waals surface area contributed by atoms with Crippen molar-refractivity contribution in [2.45, 2.75) is 73.5 Å². The molecule has 1 aliphatic carbocycles. The topological polar surface area (TPSA) is 56.8 Å². The number of amides is 1. The van der Waals surface area contributed by atoms with Gasteiger partial charge in [-0.1, -0.05) is 95.3 Å². The summed E-state index contributed by atoms with van der Waals surface area (Å²) in [5, 5.41) is 7.05. The Labute approximate surface area is 322 Å². The van der Waals surface area contributed by atoms with Gasteiger partial charge in [0.05, 0.1) is 12.1 Å². The minimum atomic E-state index is -2.12. The molecular formula is C40H48Cl3FN4O2S. The Kier molecular flexibility index (Phi) is 14.9. The SMILES string of the molecule is O=C(NC1(Cc2ccc(F)cc2)C=C(CN(CCCc2cccc(OCCCN3CCCCC3)c2)C(=S)Nc2ccccc2)CCC1)C(Cl)(Cl)Cl. The van der Waals surface area contributed by atoms with Crippen LogP contribution in [0.2, 0.25) is 0 Å². The van der Waals surface area contributed by atoms with E-state index in [1.54, 1.807) is 12.1 Å². The molecule has 1 amide bonds. The maximum absolute atomic E-state index is 13.8. The van der Waals surface area contributed by atoms with Gasteiger partial charge in [-0.15, -0.1) is 0 Å². The molecule has 6 nitrogen and oxygen atoms in total. The summed E-state index contributed by atoms with van der Waals surface area (Å²) in [4.78, 5) is 17.7. The standard InChI is InChI=1S/C40H48Cl3FN4O2S/c41-40(42,43)37(49)46-39(28-32-17-19-34(44)20-18-32)21-8-12-33(29-39)30-48(38(51)45-35-14-3-1-4-15-35)25-9-13-31-11-7-16-36(27-31)50-26-10-24-47-22-5-2-6-23-47/h1,3-4,7,11,14-20,27,29H,2,5-6,8-10,12-13,21-26,28,30H2,(H,45,51)(H,46,49). The predicted molar refractivity (Wildman–Crippen MR) is 213 cm³/mol. The molecule has 2 aliphatic rings. The highest BCUT2D eigenvalue weighted by Gasteiger charge is 2.39. The van der Waals surface area contributed by atoms with Crippen molar-refractivity contribution < 1.29 is 13.9 Å². The molecule has 3 aromatic carbocycles. The molecule has 0 bridgehead atoms. The van der Waals surface area contributed by atoms with Crippen LogP contribution in [0.4, 0.5) is 10.1 Å². The van der Waals surface area contributed by atoms with Gasteiger partial charge in [-0.25, -0.2) is 4.39 Å². The zero-order valence-corrected chi connectivity index (χ0v) is 32.1. The number of nitrogens with one attached hydrogen (secondary N) is 2. The van der Waals surface area contributed by atoms with Gasteiger partial charge in [0.25, 0.3) is 9.70 Å². The zero-order valence-electron chi connectivity index (χ0n) is 29.0. The maximum Gasteiger partial charge on any atom is 0.272 e. The first-order valence-corrected chi connectivity index (χ1v) is 19.5. The third-order valence-corrected chi connectivity index (χ3v) is 10.4. The zero-order chi connectivity index (χ0) is 36.1. The molecule has 0 saturated carbocycles. The second-order valence-electron chi connectivity index (χ2n) is 13.6. The number of anilines is 1. The van der Waals surface area contributed by atoms with Gasteiger partial charge < -0.3 is 25.2 Å². The Morgan fingerprint density at radius 2 is 1.71 bits per heavy atom. The molecule has 2 N–H and O–H groups in total. The Balaban J connectivity index is 1.26. The van der Waals surface area contributed by atoms with Gasteiger partial charge >= 0.3 is 0 Å². The summed E-state index contributed by atoms with van der Waals surface area (Å²) < 4.78 is 17.8. The highest BCUT2D eigenvalue weighted by Crippen LogP contribution is 2.34. The lowest BCUT2D eigenvalue weighted by molar-refractivity contribution is -0.121. The van der Waals surface area contributed by atoms with Crippen molar-refractivity contribution in [3.05, 3.63) is 107 Å². The number of benzene rings is 3. The van der Waals surface area contributed by atoms with Crippen molar-refractivity contribution in [2.24, 2.45) is 0 Å². The number of nitrogens with zero attached hydrogens (tertiary/aromatic N) is 2. The van der Waals surface area contributed by atoms with Crippen LogP contribution in [0.25, 0.3) is 0 Å². The summed E-state index contributed by atoms with van der Waals surface area (Å²) in [7, 11) is 0. The summed E-state index contributed by atoms with van der Waals surface area (Å²) >= 11 is 24.0. The quantitative estimate of drug-likeness (QED) is 0.0696. The average Bonchev–Trinajstić information content (AvgIpc) is 3.11. The molecule has 1 saturated heterocycles. The highest BCUT2D eigenvalue weighted by atomic mass is 35.6. The first-order chi connectivity index (χ1) is 24.6. The summed E-state index contributed by atoms with van der Waals surface area (Å²) in [6, 6.07) is 24.6. The number of ether oxygens (including phenoxy) is 1. The number of carbonyl (C=O) groups excluding carboxylic acids is 1. The van der Waals surface area contributed by atoms with Crippen LogP contribution >= 0.6 is 47.0 Å². The van der Waals surface area contributed by atoms with E-state index in [9.17, 15) is 9.18 Å². The number of para-hydroxylation sites is 1. The number of hydrogen-bond acceptors (Lipinski definition) is 4. The normalized spacial score (nSPS) is 18.1. The van der Waals surface area contributed by atoms with Gasteiger partial charge in [0.2, 0.25) is 0 Å². The largest absolute Gasteiger partial charge is 0.494 e. The van der Waals surface area contributed by atoms with E-state index in [2.05, 4.69) is 44.7 Å². The van der Waals surface area contributed by atoms with Crippen molar-refractivity contribution in [3.63, 3.8) is 0 Å². The van der Waals surface area contributed by atoms with Crippen LogP contribution in [0.1, 0.15) is 62.5 Å². The van der Waals surface area contributed by atoms with Crippen molar-refractivity contribution in [1.82, 2.24) is 15.1 Å².